The maximum absolute atomic E-state index is 14.5. The van der Waals surface area contributed by atoms with Crippen molar-refractivity contribution in [3.05, 3.63) is 0 Å². The quantitative estimate of drug-likeness (QED) is 0.727. The molecular formula is C13H22FNO3. The normalized spacial score (nSPS) is 29.0. The van der Waals surface area contributed by atoms with Crippen LogP contribution in [0.15, 0.2) is 0 Å². The molecule has 2 atom stereocenters. The number of halogens is 1. The van der Waals surface area contributed by atoms with E-state index in [0.29, 0.717) is 13.0 Å². The van der Waals surface area contributed by atoms with Crippen LogP contribution in [0.25, 0.3) is 0 Å². The molecule has 0 radical (unpaired) electrons. The van der Waals surface area contributed by atoms with Gasteiger partial charge in [-0.2, -0.15) is 0 Å². The van der Waals surface area contributed by atoms with Gasteiger partial charge in [0.2, 0.25) is 0 Å². The van der Waals surface area contributed by atoms with E-state index >= 15 is 0 Å². The van der Waals surface area contributed by atoms with Gasteiger partial charge >= 0.3 is 6.09 Å². The van der Waals surface area contributed by atoms with Gasteiger partial charge in [0, 0.05) is 12.5 Å². The molecule has 104 valence electrons. The number of piperidine rings is 1. The Labute approximate surface area is 107 Å². The highest BCUT2D eigenvalue weighted by atomic mass is 19.1. The molecule has 1 heterocycles. The van der Waals surface area contributed by atoms with Gasteiger partial charge in [-0.05, 0) is 34.1 Å². The molecule has 1 fully saturated rings. The summed E-state index contributed by atoms with van der Waals surface area (Å²) in [6.45, 7) is 8.41. The summed E-state index contributed by atoms with van der Waals surface area (Å²) in [5.41, 5.74) is -2.56. The highest BCUT2D eigenvalue weighted by Crippen LogP contribution is 2.32. The highest BCUT2D eigenvalue weighted by Gasteiger charge is 2.47. The molecule has 1 aliphatic heterocycles. The largest absolute Gasteiger partial charge is 0.444 e. The second-order valence-corrected chi connectivity index (χ2v) is 6.01. The first kappa shape index (κ1) is 14.9. The summed E-state index contributed by atoms with van der Waals surface area (Å²) in [4.78, 5) is 24.6. The van der Waals surface area contributed by atoms with Crippen LogP contribution in [0.3, 0.4) is 0 Å². The molecule has 0 aromatic carbocycles. The molecule has 1 amide bonds. The molecule has 0 aliphatic carbocycles. The summed E-state index contributed by atoms with van der Waals surface area (Å²) in [5.74, 6) is -0.892. The van der Waals surface area contributed by atoms with Crippen molar-refractivity contribution in [2.24, 2.45) is 5.92 Å². The number of hydrogen-bond donors (Lipinski definition) is 0. The van der Waals surface area contributed by atoms with Crippen LogP contribution in [0.1, 0.15) is 41.0 Å². The van der Waals surface area contributed by atoms with Crippen molar-refractivity contribution in [1.82, 2.24) is 4.90 Å². The number of carbonyl (C=O) groups excluding carboxylic acids is 2. The van der Waals surface area contributed by atoms with E-state index in [1.54, 1.807) is 27.7 Å². The smallest absolute Gasteiger partial charge is 0.410 e. The van der Waals surface area contributed by atoms with E-state index in [1.807, 2.05) is 0 Å². The second kappa shape index (κ2) is 4.86. The van der Waals surface area contributed by atoms with Gasteiger partial charge in [0.05, 0.1) is 6.54 Å². The molecule has 5 heteroatoms. The van der Waals surface area contributed by atoms with E-state index in [4.69, 9.17) is 4.74 Å². The zero-order valence-electron chi connectivity index (χ0n) is 11.7. The van der Waals surface area contributed by atoms with Crippen molar-refractivity contribution in [3.8, 4) is 0 Å². The van der Waals surface area contributed by atoms with Crippen LogP contribution in [0.2, 0.25) is 0 Å². The summed E-state index contributed by atoms with van der Waals surface area (Å²) in [6.07, 6.45) is -0.0901. The van der Waals surface area contributed by atoms with Gasteiger partial charge in [-0.1, -0.05) is 6.92 Å². The molecule has 18 heavy (non-hydrogen) atoms. The van der Waals surface area contributed by atoms with E-state index in [2.05, 4.69) is 0 Å². The Bertz CT molecular complexity index is 351. The molecular weight excluding hydrogens is 237 g/mol. The lowest BCUT2D eigenvalue weighted by Gasteiger charge is -2.40. The van der Waals surface area contributed by atoms with Gasteiger partial charge in [0.15, 0.2) is 11.5 Å². The van der Waals surface area contributed by atoms with Gasteiger partial charge in [-0.15, -0.1) is 0 Å². The van der Waals surface area contributed by atoms with Crippen LogP contribution in [-0.2, 0) is 9.53 Å². The van der Waals surface area contributed by atoms with Gasteiger partial charge in [0.25, 0.3) is 0 Å². The van der Waals surface area contributed by atoms with Crippen LogP contribution in [-0.4, -0.2) is 41.1 Å². The Balaban J connectivity index is 2.77. The molecule has 0 aromatic heterocycles. The Morgan fingerprint density at radius 1 is 1.39 bits per heavy atom. The monoisotopic (exact) mass is 259 g/mol. The van der Waals surface area contributed by atoms with Gasteiger partial charge in [-0.25, -0.2) is 9.18 Å². The molecule has 0 saturated carbocycles. The lowest BCUT2D eigenvalue weighted by atomic mass is 9.81. The third-order valence-electron chi connectivity index (χ3n) is 3.27. The fourth-order valence-electron chi connectivity index (χ4n) is 2.03. The number of carbonyl (C=O) groups is 2. The number of Topliss-reactive ketones (excluding diaryl/α,β-unsaturated/α-hetero) is 1. The average molecular weight is 259 g/mol. The average Bonchev–Trinajstić information content (AvgIpc) is 2.19. The first-order valence-electron chi connectivity index (χ1n) is 6.24. The number of alkyl halides is 1. The summed E-state index contributed by atoms with van der Waals surface area (Å²) in [6, 6.07) is 0. The molecule has 0 spiro atoms. The Morgan fingerprint density at radius 3 is 2.39 bits per heavy atom. The van der Waals surface area contributed by atoms with Crippen LogP contribution in [0.5, 0.6) is 0 Å². The van der Waals surface area contributed by atoms with Crippen molar-refractivity contribution in [2.45, 2.75) is 52.3 Å². The van der Waals surface area contributed by atoms with Crippen LogP contribution in [0.4, 0.5) is 9.18 Å². The van der Waals surface area contributed by atoms with Gasteiger partial charge in [-0.3, -0.25) is 4.79 Å². The molecule has 1 rings (SSSR count). The lowest BCUT2D eigenvalue weighted by molar-refractivity contribution is -0.135. The van der Waals surface area contributed by atoms with Crippen LogP contribution < -0.4 is 0 Å². The summed E-state index contributed by atoms with van der Waals surface area (Å²) in [7, 11) is 0. The molecule has 0 aromatic rings. The van der Waals surface area contributed by atoms with Crippen molar-refractivity contribution in [2.75, 3.05) is 13.1 Å². The number of amides is 1. The summed E-state index contributed by atoms with van der Waals surface area (Å²) < 4.78 is 19.7. The van der Waals surface area contributed by atoms with E-state index in [0.717, 1.165) is 0 Å². The van der Waals surface area contributed by atoms with Crippen LogP contribution in [0, 0.1) is 5.92 Å². The third-order valence-corrected chi connectivity index (χ3v) is 3.27. The molecule has 1 aliphatic rings. The summed E-state index contributed by atoms with van der Waals surface area (Å²) in [5, 5.41) is 0. The zero-order chi connectivity index (χ0) is 14.1. The van der Waals surface area contributed by atoms with Crippen molar-refractivity contribution in [3.63, 3.8) is 0 Å². The fourth-order valence-corrected chi connectivity index (χ4v) is 2.03. The first-order valence-corrected chi connectivity index (χ1v) is 6.24. The Kier molecular flexibility index (Phi) is 4.03. The number of likely N-dealkylation sites (tertiary alicyclic amines) is 1. The van der Waals surface area contributed by atoms with Gasteiger partial charge < -0.3 is 9.64 Å². The van der Waals surface area contributed by atoms with E-state index < -0.39 is 23.1 Å². The minimum atomic E-state index is -1.95. The van der Waals surface area contributed by atoms with Crippen molar-refractivity contribution >= 4 is 11.9 Å². The molecule has 0 bridgehead atoms. The zero-order valence-corrected chi connectivity index (χ0v) is 11.7. The Hall–Kier alpha value is -1.13. The molecule has 2 unspecified atom stereocenters. The minimum absolute atomic E-state index is 0.210. The SMILES string of the molecule is CC(=O)C1(F)CN(C(=O)OC(C)(C)C)CCC1C. The lowest BCUT2D eigenvalue weighted by Crippen LogP contribution is -2.56. The number of nitrogens with zero attached hydrogens (tertiary/aromatic N) is 1. The number of ether oxygens (including phenoxy) is 1. The molecule has 4 nitrogen and oxygen atoms in total. The predicted octanol–water partition coefficient (Wildman–Crippen LogP) is 2.56. The first-order chi connectivity index (χ1) is 8.06. The topological polar surface area (TPSA) is 46.6 Å². The van der Waals surface area contributed by atoms with Crippen LogP contribution >= 0.6 is 0 Å². The van der Waals surface area contributed by atoms with E-state index in [-0.39, 0.29) is 12.5 Å². The maximum Gasteiger partial charge on any atom is 0.410 e. The third kappa shape index (κ3) is 3.21. The van der Waals surface area contributed by atoms with Crippen molar-refractivity contribution < 1.29 is 18.7 Å². The Morgan fingerprint density at radius 2 is 1.94 bits per heavy atom. The summed E-state index contributed by atoms with van der Waals surface area (Å²) >= 11 is 0. The van der Waals surface area contributed by atoms with Crippen molar-refractivity contribution in [1.29, 1.82) is 0 Å². The number of rotatable bonds is 1. The number of ketones is 1. The predicted molar refractivity (Wildman–Crippen MR) is 66.1 cm³/mol. The van der Waals surface area contributed by atoms with Gasteiger partial charge in [0.1, 0.15) is 5.60 Å². The minimum Gasteiger partial charge on any atom is -0.444 e. The highest BCUT2D eigenvalue weighted by molar-refractivity contribution is 5.86. The number of hydrogen-bond acceptors (Lipinski definition) is 3. The molecule has 1 saturated heterocycles. The second-order valence-electron chi connectivity index (χ2n) is 6.01. The standard InChI is InChI=1S/C13H22FNO3/c1-9-6-7-15(8-13(9,14)10(2)16)11(17)18-12(3,4)5/h9H,6-8H2,1-5H3. The fraction of sp³-hybridized carbons (Fsp3) is 0.846. The van der Waals surface area contributed by atoms with E-state index in [9.17, 15) is 14.0 Å². The van der Waals surface area contributed by atoms with E-state index in [1.165, 1.54) is 11.8 Å². The molecule has 0 N–H and O–H groups in total. The maximum atomic E-state index is 14.5.